The van der Waals surface area contributed by atoms with Gasteiger partial charge >= 0.3 is 0 Å². The van der Waals surface area contributed by atoms with E-state index in [9.17, 15) is 13.0 Å². The Balaban J connectivity index is 1.73. The molecule has 0 saturated carbocycles. The van der Waals surface area contributed by atoms with Crippen molar-refractivity contribution in [3.8, 4) is 0 Å². The first-order valence-electron chi connectivity index (χ1n) is 6.28. The van der Waals surface area contributed by atoms with E-state index in [-0.39, 0.29) is 5.75 Å². The topological polar surface area (TPSA) is 57.2 Å². The van der Waals surface area contributed by atoms with Crippen molar-refractivity contribution in [1.82, 2.24) is 0 Å². The zero-order valence-corrected chi connectivity index (χ0v) is 10.5. The second-order valence-corrected chi connectivity index (χ2v) is 6.96. The van der Waals surface area contributed by atoms with Gasteiger partial charge in [0.25, 0.3) is 0 Å². The number of piperidine rings is 3. The molecule has 3 saturated heterocycles. The molecule has 0 aromatic carbocycles. The summed E-state index contributed by atoms with van der Waals surface area (Å²) >= 11 is 0. The maximum atomic E-state index is 10.5. The second kappa shape index (κ2) is 4.63. The molecule has 0 aromatic heterocycles. The zero-order valence-electron chi connectivity index (χ0n) is 9.73. The van der Waals surface area contributed by atoms with E-state index >= 15 is 0 Å². The van der Waals surface area contributed by atoms with Gasteiger partial charge in [-0.2, -0.15) is 0 Å². The predicted molar refractivity (Wildman–Crippen MR) is 60.9 cm³/mol. The summed E-state index contributed by atoms with van der Waals surface area (Å²) < 4.78 is 32.6. The standard InChI is InChI=1S/C11H21NO3S/c13-16(14,15)10-2-1-6-12-7-3-11(4-8-12)5-9-12/h11H,1-10H2. The predicted octanol–water partition coefficient (Wildman–Crippen LogP) is 0.942. The van der Waals surface area contributed by atoms with Crippen LogP contribution >= 0.6 is 0 Å². The number of hydrogen-bond acceptors (Lipinski definition) is 3. The summed E-state index contributed by atoms with van der Waals surface area (Å²) in [6, 6.07) is 0. The van der Waals surface area contributed by atoms with Gasteiger partial charge in [-0.25, -0.2) is 8.42 Å². The van der Waals surface area contributed by atoms with Crippen LogP contribution in [0.4, 0.5) is 0 Å². The minimum absolute atomic E-state index is 0.185. The Hall–Kier alpha value is -0.130. The Kier molecular flexibility index (Phi) is 3.56. The van der Waals surface area contributed by atoms with Crippen LogP contribution in [0.3, 0.4) is 0 Å². The molecule has 0 atom stereocenters. The van der Waals surface area contributed by atoms with Gasteiger partial charge in [-0.15, -0.1) is 0 Å². The molecule has 94 valence electrons. The molecule has 0 spiro atoms. The Morgan fingerprint density at radius 2 is 1.62 bits per heavy atom. The maximum absolute atomic E-state index is 10.5. The fourth-order valence-electron chi connectivity index (χ4n) is 3.20. The van der Waals surface area contributed by atoms with Crippen LogP contribution in [-0.4, -0.2) is 49.4 Å². The molecule has 0 N–H and O–H groups in total. The van der Waals surface area contributed by atoms with Crippen molar-refractivity contribution < 1.29 is 17.5 Å². The van der Waals surface area contributed by atoms with Crippen molar-refractivity contribution in [2.45, 2.75) is 32.1 Å². The van der Waals surface area contributed by atoms with E-state index in [1.165, 1.54) is 43.4 Å². The summed E-state index contributed by atoms with van der Waals surface area (Å²) in [4.78, 5) is 0. The number of hydrogen-bond donors (Lipinski definition) is 0. The highest BCUT2D eigenvalue weighted by molar-refractivity contribution is 7.85. The van der Waals surface area contributed by atoms with Crippen molar-refractivity contribution in [3.63, 3.8) is 0 Å². The number of unbranched alkanes of at least 4 members (excludes halogenated alkanes) is 1. The van der Waals surface area contributed by atoms with Gasteiger partial charge in [0.1, 0.15) is 0 Å². The monoisotopic (exact) mass is 247 g/mol. The van der Waals surface area contributed by atoms with Crippen molar-refractivity contribution >= 4 is 10.1 Å². The highest BCUT2D eigenvalue weighted by Crippen LogP contribution is 2.33. The van der Waals surface area contributed by atoms with Crippen LogP contribution in [-0.2, 0) is 10.1 Å². The second-order valence-electron chi connectivity index (χ2n) is 5.44. The molecule has 3 fully saturated rings. The first-order chi connectivity index (χ1) is 7.49. The third-order valence-corrected chi connectivity index (χ3v) is 5.10. The van der Waals surface area contributed by atoms with E-state index in [0.717, 1.165) is 18.9 Å². The molecule has 0 unspecified atom stereocenters. The molecule has 16 heavy (non-hydrogen) atoms. The molecule has 4 nitrogen and oxygen atoms in total. The van der Waals surface area contributed by atoms with Crippen LogP contribution in [0.5, 0.6) is 0 Å². The lowest BCUT2D eigenvalue weighted by molar-refractivity contribution is -0.942. The summed E-state index contributed by atoms with van der Waals surface area (Å²) in [7, 11) is -4.00. The average Bonchev–Trinajstić information content (AvgIpc) is 2.26. The molecule has 3 rings (SSSR count). The van der Waals surface area contributed by atoms with Crippen LogP contribution in [0.1, 0.15) is 32.1 Å². The van der Waals surface area contributed by atoms with Gasteiger partial charge in [0.2, 0.25) is 0 Å². The highest BCUT2D eigenvalue weighted by Gasteiger charge is 2.38. The Morgan fingerprint density at radius 1 is 1.06 bits per heavy atom. The smallest absolute Gasteiger partial charge is 0.0945 e. The normalized spacial score (nSPS) is 34.2. The largest absolute Gasteiger partial charge is 0.748 e. The molecule has 3 aliphatic heterocycles. The van der Waals surface area contributed by atoms with E-state index in [1.807, 2.05) is 0 Å². The first-order valence-corrected chi connectivity index (χ1v) is 7.86. The average molecular weight is 247 g/mol. The molecule has 0 aliphatic carbocycles. The first kappa shape index (κ1) is 12.3. The van der Waals surface area contributed by atoms with E-state index < -0.39 is 10.1 Å². The van der Waals surface area contributed by atoms with Crippen molar-refractivity contribution in [2.24, 2.45) is 5.92 Å². The van der Waals surface area contributed by atoms with Crippen molar-refractivity contribution in [2.75, 3.05) is 31.9 Å². The molecule has 2 bridgehead atoms. The zero-order chi connectivity index (χ0) is 11.6. The Bertz CT molecular complexity index is 317. The van der Waals surface area contributed by atoms with Gasteiger partial charge in [-0.3, -0.25) is 0 Å². The van der Waals surface area contributed by atoms with Crippen LogP contribution < -0.4 is 0 Å². The summed E-state index contributed by atoms with van der Waals surface area (Å²) in [5, 5.41) is 0. The van der Waals surface area contributed by atoms with Crippen LogP contribution in [0, 0.1) is 5.92 Å². The number of fused-ring (bicyclic) bond motifs is 3. The quantitative estimate of drug-likeness (QED) is 0.413. The number of nitrogens with zero attached hydrogens (tertiary/aromatic N) is 1. The lowest BCUT2D eigenvalue weighted by Gasteiger charge is -2.49. The third kappa shape index (κ3) is 3.18. The maximum Gasteiger partial charge on any atom is 0.0945 e. The summed E-state index contributed by atoms with van der Waals surface area (Å²) in [6.45, 7) is 4.89. The number of rotatable bonds is 5. The summed E-state index contributed by atoms with van der Waals surface area (Å²) in [5.41, 5.74) is 0. The van der Waals surface area contributed by atoms with Gasteiger partial charge in [0.05, 0.1) is 36.3 Å². The van der Waals surface area contributed by atoms with Crippen LogP contribution in [0.15, 0.2) is 0 Å². The Labute approximate surface area is 98.0 Å². The third-order valence-electron chi connectivity index (χ3n) is 4.31. The van der Waals surface area contributed by atoms with Gasteiger partial charge in [0, 0.05) is 5.75 Å². The molecular weight excluding hydrogens is 226 g/mol. The molecule has 0 radical (unpaired) electrons. The highest BCUT2D eigenvalue weighted by atomic mass is 32.2. The van der Waals surface area contributed by atoms with E-state index in [0.29, 0.717) is 6.42 Å². The number of quaternary nitrogens is 1. The van der Waals surface area contributed by atoms with Gasteiger partial charge in [0.15, 0.2) is 0 Å². The van der Waals surface area contributed by atoms with Gasteiger partial charge < -0.3 is 9.04 Å². The Morgan fingerprint density at radius 3 is 2.12 bits per heavy atom. The lowest BCUT2D eigenvalue weighted by Crippen LogP contribution is -2.58. The van der Waals surface area contributed by atoms with E-state index in [4.69, 9.17) is 0 Å². The van der Waals surface area contributed by atoms with Gasteiger partial charge in [-0.05, 0) is 38.0 Å². The lowest BCUT2D eigenvalue weighted by atomic mass is 9.85. The SMILES string of the molecule is O=S(=O)([O-])CCCC[N+]12CCC(CC1)CC2. The van der Waals surface area contributed by atoms with Crippen molar-refractivity contribution in [3.05, 3.63) is 0 Å². The molecule has 5 heteroatoms. The molecule has 3 aliphatic rings. The summed E-state index contributed by atoms with van der Waals surface area (Å²) in [6.07, 6.45) is 5.46. The fourth-order valence-corrected chi connectivity index (χ4v) is 3.76. The van der Waals surface area contributed by atoms with Crippen LogP contribution in [0.25, 0.3) is 0 Å². The van der Waals surface area contributed by atoms with Crippen molar-refractivity contribution in [1.29, 1.82) is 0 Å². The van der Waals surface area contributed by atoms with E-state index in [2.05, 4.69) is 0 Å². The fraction of sp³-hybridized carbons (Fsp3) is 1.00. The molecular formula is C11H21NO3S. The summed E-state index contributed by atoms with van der Waals surface area (Å²) in [5.74, 6) is 0.775. The minimum Gasteiger partial charge on any atom is -0.748 e. The van der Waals surface area contributed by atoms with E-state index in [1.54, 1.807) is 0 Å². The molecule has 0 aromatic rings. The minimum atomic E-state index is -4.00. The molecule has 0 amide bonds. The van der Waals surface area contributed by atoms with Crippen LogP contribution in [0.2, 0.25) is 0 Å². The van der Waals surface area contributed by atoms with Gasteiger partial charge in [-0.1, -0.05) is 0 Å². The molecule has 3 heterocycles.